The zero-order valence-corrected chi connectivity index (χ0v) is 12.6. The van der Waals surface area contributed by atoms with Gasteiger partial charge in [-0.2, -0.15) is 0 Å². The molecule has 3 rings (SSSR count). The average molecular weight is 290 g/mol. The molecule has 0 amide bonds. The van der Waals surface area contributed by atoms with Crippen molar-refractivity contribution in [1.82, 2.24) is 4.90 Å². The lowest BCUT2D eigenvalue weighted by Crippen LogP contribution is -2.33. The number of hydrogen-bond donors (Lipinski definition) is 1. The summed E-state index contributed by atoms with van der Waals surface area (Å²) in [7, 11) is 0. The molecule has 1 aliphatic carbocycles. The van der Waals surface area contributed by atoms with E-state index >= 15 is 0 Å². The molecule has 1 saturated carbocycles. The van der Waals surface area contributed by atoms with Crippen molar-refractivity contribution >= 4 is 17.2 Å². The number of likely N-dealkylation sites (tertiary alicyclic amines) is 1. The van der Waals surface area contributed by atoms with Crippen molar-refractivity contribution in [3.05, 3.63) is 29.8 Å². The number of nitrogens with two attached hydrogens (primary N) is 1. The van der Waals surface area contributed by atoms with Gasteiger partial charge in [-0.1, -0.05) is 24.4 Å². The van der Waals surface area contributed by atoms with Crippen LogP contribution >= 0.6 is 12.2 Å². The number of piperidine rings is 1. The molecule has 1 aromatic rings. The zero-order chi connectivity index (χ0) is 13.9. The molecule has 2 fully saturated rings. The van der Waals surface area contributed by atoms with Crippen LogP contribution in [-0.4, -0.2) is 35.6 Å². The highest BCUT2D eigenvalue weighted by atomic mass is 32.1. The van der Waals surface area contributed by atoms with E-state index in [0.29, 0.717) is 4.99 Å². The number of ether oxygens (including phenoxy) is 1. The Morgan fingerprint density at radius 3 is 3.00 bits per heavy atom. The van der Waals surface area contributed by atoms with E-state index in [1.807, 2.05) is 24.3 Å². The Bertz CT molecular complexity index is 491. The van der Waals surface area contributed by atoms with Gasteiger partial charge in [0.2, 0.25) is 0 Å². The predicted octanol–water partition coefficient (Wildman–Crippen LogP) is 2.57. The maximum atomic E-state index is 5.79. The number of benzene rings is 1. The summed E-state index contributed by atoms with van der Waals surface area (Å²) >= 11 is 4.98. The average Bonchev–Trinajstić information content (AvgIpc) is 3.06. The van der Waals surface area contributed by atoms with Crippen molar-refractivity contribution < 1.29 is 4.74 Å². The molecule has 3 nitrogen and oxygen atoms in total. The van der Waals surface area contributed by atoms with Crippen molar-refractivity contribution in [1.29, 1.82) is 0 Å². The molecule has 1 heterocycles. The normalized spacial score (nSPS) is 25.0. The van der Waals surface area contributed by atoms with E-state index < -0.39 is 0 Å². The van der Waals surface area contributed by atoms with Crippen LogP contribution in [0.2, 0.25) is 0 Å². The third-order valence-electron chi connectivity index (χ3n) is 4.50. The molecule has 0 aromatic heterocycles. The largest absolute Gasteiger partial charge is 0.494 e. The standard InChI is InChI=1S/C16H22N2OS/c17-16(20)13-3-1-4-15(10-13)19-8-2-7-18-11-12-5-6-14(18)9-12/h1,3-4,10,12,14H,2,5-9,11H2,(H2,17,20). The van der Waals surface area contributed by atoms with Crippen molar-refractivity contribution in [3.63, 3.8) is 0 Å². The molecule has 2 atom stereocenters. The Labute approximate surface area is 126 Å². The molecule has 2 aliphatic rings. The second kappa shape index (κ2) is 6.10. The van der Waals surface area contributed by atoms with E-state index in [0.717, 1.165) is 42.8 Å². The summed E-state index contributed by atoms with van der Waals surface area (Å²) < 4.78 is 5.79. The van der Waals surface area contributed by atoms with Crippen molar-refractivity contribution in [3.8, 4) is 5.75 Å². The van der Waals surface area contributed by atoms with Gasteiger partial charge in [0.05, 0.1) is 6.61 Å². The van der Waals surface area contributed by atoms with Gasteiger partial charge in [0, 0.05) is 24.7 Å². The van der Waals surface area contributed by atoms with Gasteiger partial charge in [0.1, 0.15) is 10.7 Å². The molecule has 0 radical (unpaired) electrons. The van der Waals surface area contributed by atoms with Gasteiger partial charge in [-0.3, -0.25) is 4.90 Å². The first kappa shape index (κ1) is 13.8. The zero-order valence-electron chi connectivity index (χ0n) is 11.8. The van der Waals surface area contributed by atoms with Crippen LogP contribution in [0.1, 0.15) is 31.2 Å². The fourth-order valence-corrected chi connectivity index (χ4v) is 3.62. The summed E-state index contributed by atoms with van der Waals surface area (Å²) in [6.07, 6.45) is 5.36. The molecule has 2 unspecified atom stereocenters. The van der Waals surface area contributed by atoms with E-state index in [4.69, 9.17) is 22.7 Å². The number of rotatable bonds is 6. The van der Waals surface area contributed by atoms with Gasteiger partial charge in [0.25, 0.3) is 0 Å². The monoisotopic (exact) mass is 290 g/mol. The van der Waals surface area contributed by atoms with Crippen molar-refractivity contribution in [2.24, 2.45) is 11.7 Å². The van der Waals surface area contributed by atoms with Crippen LogP contribution in [0.25, 0.3) is 0 Å². The van der Waals surface area contributed by atoms with Gasteiger partial charge < -0.3 is 10.5 Å². The summed E-state index contributed by atoms with van der Waals surface area (Å²) in [5.41, 5.74) is 6.49. The Kier molecular flexibility index (Phi) is 4.22. The first-order valence-corrected chi connectivity index (χ1v) is 7.90. The summed E-state index contributed by atoms with van der Waals surface area (Å²) in [6.45, 7) is 3.23. The van der Waals surface area contributed by atoms with Crippen molar-refractivity contribution in [2.45, 2.75) is 31.7 Å². The van der Waals surface area contributed by atoms with E-state index in [2.05, 4.69) is 4.90 Å². The van der Waals surface area contributed by atoms with Crippen LogP contribution < -0.4 is 10.5 Å². The van der Waals surface area contributed by atoms with Crippen LogP contribution in [0.3, 0.4) is 0 Å². The molecular formula is C16H22N2OS. The molecule has 0 spiro atoms. The van der Waals surface area contributed by atoms with E-state index in [1.165, 1.54) is 25.8 Å². The number of nitrogens with zero attached hydrogens (tertiary/aromatic N) is 1. The van der Waals surface area contributed by atoms with E-state index in [1.54, 1.807) is 0 Å². The molecule has 4 heteroatoms. The lowest BCUT2D eigenvalue weighted by atomic mass is 10.1. The maximum absolute atomic E-state index is 5.79. The number of fused-ring (bicyclic) bond motifs is 2. The predicted molar refractivity (Wildman–Crippen MR) is 85.1 cm³/mol. The Morgan fingerprint density at radius 1 is 1.40 bits per heavy atom. The van der Waals surface area contributed by atoms with Gasteiger partial charge in [-0.15, -0.1) is 0 Å². The van der Waals surface area contributed by atoms with Crippen LogP contribution in [0.4, 0.5) is 0 Å². The first-order valence-electron chi connectivity index (χ1n) is 7.49. The fraction of sp³-hybridized carbons (Fsp3) is 0.562. The van der Waals surface area contributed by atoms with Gasteiger partial charge in [0.15, 0.2) is 0 Å². The molecule has 1 saturated heterocycles. The minimum Gasteiger partial charge on any atom is -0.494 e. The molecule has 1 aliphatic heterocycles. The second-order valence-corrected chi connectivity index (χ2v) is 6.36. The lowest BCUT2D eigenvalue weighted by molar-refractivity contribution is 0.192. The minimum atomic E-state index is 0.420. The summed E-state index contributed by atoms with van der Waals surface area (Å²) in [5.74, 6) is 1.83. The van der Waals surface area contributed by atoms with Crippen molar-refractivity contribution in [2.75, 3.05) is 19.7 Å². The highest BCUT2D eigenvalue weighted by Crippen LogP contribution is 2.37. The Morgan fingerprint density at radius 2 is 2.30 bits per heavy atom. The molecule has 108 valence electrons. The van der Waals surface area contributed by atoms with Crippen LogP contribution in [0, 0.1) is 5.92 Å². The van der Waals surface area contributed by atoms with Gasteiger partial charge in [-0.25, -0.2) is 0 Å². The molecular weight excluding hydrogens is 268 g/mol. The summed E-state index contributed by atoms with van der Waals surface area (Å²) in [6, 6.07) is 8.58. The highest BCUT2D eigenvalue weighted by molar-refractivity contribution is 7.80. The van der Waals surface area contributed by atoms with Crippen LogP contribution in [0.5, 0.6) is 5.75 Å². The lowest BCUT2D eigenvalue weighted by Gasteiger charge is -2.26. The molecule has 2 bridgehead atoms. The second-order valence-electron chi connectivity index (χ2n) is 5.92. The SMILES string of the molecule is NC(=S)c1cccc(OCCCN2CC3CCC2C3)c1. The Hall–Kier alpha value is -1.13. The summed E-state index contributed by atoms with van der Waals surface area (Å²) in [4.78, 5) is 3.06. The molecule has 2 N–H and O–H groups in total. The minimum absolute atomic E-state index is 0.420. The number of hydrogen-bond acceptors (Lipinski definition) is 3. The van der Waals surface area contributed by atoms with Crippen LogP contribution in [-0.2, 0) is 0 Å². The van der Waals surface area contributed by atoms with Gasteiger partial charge in [-0.05, 0) is 43.7 Å². The third-order valence-corrected chi connectivity index (χ3v) is 4.74. The summed E-state index contributed by atoms with van der Waals surface area (Å²) in [5, 5.41) is 0. The fourth-order valence-electron chi connectivity index (χ4n) is 3.50. The van der Waals surface area contributed by atoms with E-state index in [-0.39, 0.29) is 0 Å². The smallest absolute Gasteiger partial charge is 0.119 e. The Balaban J connectivity index is 1.41. The van der Waals surface area contributed by atoms with Crippen LogP contribution in [0.15, 0.2) is 24.3 Å². The molecule has 1 aromatic carbocycles. The third kappa shape index (κ3) is 3.13. The maximum Gasteiger partial charge on any atom is 0.119 e. The van der Waals surface area contributed by atoms with Gasteiger partial charge >= 0.3 is 0 Å². The topological polar surface area (TPSA) is 38.5 Å². The highest BCUT2D eigenvalue weighted by Gasteiger charge is 2.36. The number of thiocarbonyl (C=S) groups is 1. The first-order chi connectivity index (χ1) is 9.72. The molecule has 20 heavy (non-hydrogen) atoms. The van der Waals surface area contributed by atoms with E-state index in [9.17, 15) is 0 Å². The quantitative estimate of drug-likeness (QED) is 0.645.